The van der Waals surface area contributed by atoms with Crippen LogP contribution in [0.4, 0.5) is 10.1 Å². The highest BCUT2D eigenvalue weighted by molar-refractivity contribution is 6.16. The van der Waals surface area contributed by atoms with E-state index in [-0.39, 0.29) is 42.2 Å². The molecule has 0 saturated carbocycles. The maximum atomic E-state index is 13.6. The molecule has 1 aliphatic heterocycles. The van der Waals surface area contributed by atoms with Gasteiger partial charge < -0.3 is 5.11 Å². The van der Waals surface area contributed by atoms with Crippen LogP contribution in [0.2, 0.25) is 0 Å². The number of halogens is 1. The van der Waals surface area contributed by atoms with Gasteiger partial charge in [0.1, 0.15) is 12.4 Å². The van der Waals surface area contributed by atoms with E-state index in [1.54, 1.807) is 0 Å². The third-order valence-corrected chi connectivity index (χ3v) is 3.27. The highest BCUT2D eigenvalue weighted by atomic mass is 19.1. The summed E-state index contributed by atoms with van der Waals surface area (Å²) in [7, 11) is 0. The Bertz CT molecular complexity index is 635. The topological polar surface area (TPSA) is 57.6 Å². The molecule has 2 amide bonds. The van der Waals surface area contributed by atoms with Gasteiger partial charge in [0.2, 0.25) is 11.8 Å². The second-order valence-corrected chi connectivity index (χ2v) is 5.76. The van der Waals surface area contributed by atoms with E-state index in [2.05, 4.69) is 11.8 Å². The summed E-state index contributed by atoms with van der Waals surface area (Å²) in [6.07, 6.45) is 0.515. The molecule has 21 heavy (non-hydrogen) atoms. The first-order chi connectivity index (χ1) is 9.84. The summed E-state index contributed by atoms with van der Waals surface area (Å²) in [5, 5.41) is 8.66. The van der Waals surface area contributed by atoms with Crippen molar-refractivity contribution >= 4 is 17.5 Å². The van der Waals surface area contributed by atoms with Crippen molar-refractivity contribution in [2.75, 3.05) is 11.5 Å². The number of anilines is 1. The van der Waals surface area contributed by atoms with Crippen LogP contribution in [0.3, 0.4) is 0 Å². The van der Waals surface area contributed by atoms with Crippen molar-refractivity contribution in [2.24, 2.45) is 5.41 Å². The second-order valence-electron chi connectivity index (χ2n) is 5.76. The van der Waals surface area contributed by atoms with Crippen LogP contribution < -0.4 is 4.90 Å². The normalized spacial score (nSPS) is 17.4. The lowest BCUT2D eigenvalue weighted by Crippen LogP contribution is -2.46. The highest BCUT2D eigenvalue weighted by Gasteiger charge is 2.38. The molecule has 0 radical (unpaired) electrons. The number of imide groups is 1. The molecule has 1 aliphatic rings. The molecule has 0 atom stereocenters. The third kappa shape index (κ3) is 3.29. The number of aliphatic hydroxyl groups excluding tert-OH is 1. The lowest BCUT2D eigenvalue weighted by molar-refractivity contribution is -0.132. The molecule has 1 aromatic carbocycles. The van der Waals surface area contributed by atoms with Gasteiger partial charge in [-0.05, 0) is 23.6 Å². The average Bonchev–Trinajstić information content (AvgIpc) is 2.36. The number of hydrogen-bond acceptors (Lipinski definition) is 3. The van der Waals surface area contributed by atoms with Crippen molar-refractivity contribution in [3.8, 4) is 11.8 Å². The van der Waals surface area contributed by atoms with Crippen molar-refractivity contribution in [3.05, 3.63) is 29.6 Å². The number of amides is 2. The maximum absolute atomic E-state index is 13.6. The Labute approximate surface area is 122 Å². The van der Waals surface area contributed by atoms with Gasteiger partial charge in [-0.2, -0.15) is 0 Å². The molecular weight excluding hydrogens is 273 g/mol. The lowest BCUT2D eigenvalue weighted by Gasteiger charge is -2.34. The van der Waals surface area contributed by atoms with Gasteiger partial charge in [-0.1, -0.05) is 25.7 Å². The van der Waals surface area contributed by atoms with Crippen LogP contribution in [0.1, 0.15) is 32.3 Å². The van der Waals surface area contributed by atoms with Crippen LogP contribution in [-0.4, -0.2) is 23.5 Å². The van der Waals surface area contributed by atoms with Crippen LogP contribution in [0.15, 0.2) is 18.2 Å². The number of nitrogens with zero attached hydrogens (tertiary/aromatic N) is 1. The minimum Gasteiger partial charge on any atom is -0.384 e. The number of aliphatic hydroxyl groups is 1. The van der Waals surface area contributed by atoms with Gasteiger partial charge in [0.05, 0.1) is 11.3 Å². The Kier molecular flexibility index (Phi) is 4.10. The van der Waals surface area contributed by atoms with Gasteiger partial charge in [0.15, 0.2) is 0 Å². The standard InChI is InChI=1S/C16H16FNO3/c1-16(2)9-14(20)18(15(21)10-16)12-5-6-13(17)11(8-12)4-3-7-19/h5-6,8,19H,7,9-10H2,1-2H3. The summed E-state index contributed by atoms with van der Waals surface area (Å²) < 4.78 is 13.6. The summed E-state index contributed by atoms with van der Waals surface area (Å²) >= 11 is 0. The van der Waals surface area contributed by atoms with Crippen LogP contribution in [0.5, 0.6) is 0 Å². The van der Waals surface area contributed by atoms with E-state index in [1.165, 1.54) is 12.1 Å². The SMILES string of the molecule is CC1(C)CC(=O)N(c2ccc(F)c(C#CCO)c2)C(=O)C1. The summed E-state index contributed by atoms with van der Waals surface area (Å²) in [5.41, 5.74) is 0.000598. The van der Waals surface area contributed by atoms with Crippen molar-refractivity contribution in [1.82, 2.24) is 0 Å². The van der Waals surface area contributed by atoms with E-state index in [9.17, 15) is 14.0 Å². The maximum Gasteiger partial charge on any atom is 0.234 e. The number of hydrogen-bond donors (Lipinski definition) is 1. The number of rotatable bonds is 1. The summed E-state index contributed by atoms with van der Waals surface area (Å²) in [4.78, 5) is 25.4. The van der Waals surface area contributed by atoms with Crippen LogP contribution >= 0.6 is 0 Å². The van der Waals surface area contributed by atoms with Crippen molar-refractivity contribution in [3.63, 3.8) is 0 Å². The quantitative estimate of drug-likeness (QED) is 0.634. The monoisotopic (exact) mass is 289 g/mol. The molecule has 0 aliphatic carbocycles. The summed E-state index contributed by atoms with van der Waals surface area (Å²) in [6, 6.07) is 3.90. The summed E-state index contributed by atoms with van der Waals surface area (Å²) in [5.74, 6) is 3.65. The number of benzene rings is 1. The Morgan fingerprint density at radius 3 is 2.48 bits per heavy atom. The molecule has 1 aromatic rings. The smallest absolute Gasteiger partial charge is 0.234 e. The fourth-order valence-corrected chi connectivity index (χ4v) is 2.35. The minimum absolute atomic E-state index is 0.0481. The van der Waals surface area contributed by atoms with Gasteiger partial charge in [0.25, 0.3) is 0 Å². The Hall–Kier alpha value is -2.19. The van der Waals surface area contributed by atoms with Crippen molar-refractivity contribution in [1.29, 1.82) is 0 Å². The fraction of sp³-hybridized carbons (Fsp3) is 0.375. The number of carbonyl (C=O) groups excluding carboxylic acids is 2. The third-order valence-electron chi connectivity index (χ3n) is 3.27. The molecule has 5 heteroatoms. The minimum atomic E-state index is -0.558. The van der Waals surface area contributed by atoms with E-state index < -0.39 is 5.82 Å². The van der Waals surface area contributed by atoms with E-state index >= 15 is 0 Å². The molecule has 2 rings (SSSR count). The molecule has 110 valence electrons. The van der Waals surface area contributed by atoms with Crippen LogP contribution in [0.25, 0.3) is 0 Å². The first-order valence-corrected chi connectivity index (χ1v) is 6.59. The molecule has 0 bridgehead atoms. The zero-order chi connectivity index (χ0) is 15.6. The molecule has 4 nitrogen and oxygen atoms in total. The molecule has 1 N–H and O–H groups in total. The van der Waals surface area contributed by atoms with Crippen LogP contribution in [-0.2, 0) is 9.59 Å². The predicted molar refractivity (Wildman–Crippen MR) is 75.9 cm³/mol. The highest BCUT2D eigenvalue weighted by Crippen LogP contribution is 2.34. The van der Waals surface area contributed by atoms with E-state index in [0.717, 1.165) is 11.0 Å². The fourth-order valence-electron chi connectivity index (χ4n) is 2.35. The molecule has 0 unspecified atom stereocenters. The molecular formula is C16H16FNO3. The Morgan fingerprint density at radius 1 is 1.29 bits per heavy atom. The second kappa shape index (κ2) is 5.66. The van der Waals surface area contributed by atoms with Crippen molar-refractivity contribution in [2.45, 2.75) is 26.7 Å². The lowest BCUT2D eigenvalue weighted by atomic mass is 9.81. The van der Waals surface area contributed by atoms with Gasteiger partial charge in [0, 0.05) is 12.8 Å². The zero-order valence-corrected chi connectivity index (χ0v) is 11.9. The van der Waals surface area contributed by atoms with Gasteiger partial charge in [-0.3, -0.25) is 14.5 Å². The van der Waals surface area contributed by atoms with Crippen LogP contribution in [0, 0.1) is 23.1 Å². The van der Waals surface area contributed by atoms with E-state index in [4.69, 9.17) is 5.11 Å². The molecule has 0 aromatic heterocycles. The molecule has 1 fully saturated rings. The Morgan fingerprint density at radius 2 is 1.90 bits per heavy atom. The number of carbonyl (C=O) groups is 2. The van der Waals surface area contributed by atoms with E-state index in [1.807, 2.05) is 13.8 Å². The largest absolute Gasteiger partial charge is 0.384 e. The predicted octanol–water partition coefficient (Wildman–Crippen LogP) is 1.85. The zero-order valence-electron chi connectivity index (χ0n) is 11.9. The van der Waals surface area contributed by atoms with Gasteiger partial charge in [-0.25, -0.2) is 4.39 Å². The van der Waals surface area contributed by atoms with Crippen molar-refractivity contribution < 1.29 is 19.1 Å². The summed E-state index contributed by atoms with van der Waals surface area (Å²) in [6.45, 7) is 3.34. The average molecular weight is 289 g/mol. The van der Waals surface area contributed by atoms with Gasteiger partial charge >= 0.3 is 0 Å². The molecule has 1 saturated heterocycles. The Balaban J connectivity index is 2.38. The van der Waals surface area contributed by atoms with Gasteiger partial charge in [-0.15, -0.1) is 0 Å². The number of piperidine rings is 1. The van der Waals surface area contributed by atoms with E-state index in [0.29, 0.717) is 5.69 Å². The molecule has 0 spiro atoms. The molecule has 1 heterocycles. The first-order valence-electron chi connectivity index (χ1n) is 6.59. The first kappa shape index (κ1) is 15.2.